The smallest absolute Gasteiger partial charge is 0.280 e. The molecule has 0 fully saturated rings. The summed E-state index contributed by atoms with van der Waals surface area (Å²) in [4.78, 5) is 15.7. The Morgan fingerprint density at radius 3 is 2.74 bits per heavy atom. The van der Waals surface area contributed by atoms with Gasteiger partial charge in [-0.3, -0.25) is 4.79 Å². The molecule has 0 aliphatic carbocycles. The lowest BCUT2D eigenvalue weighted by atomic mass is 10.1. The molecular formula is C18H14N2O2S. The number of aromatic nitrogens is 1. The topological polar surface area (TPSA) is 46.3 Å². The largest absolute Gasteiger partial charge is 0.355 e. The number of amides is 1. The first-order valence-corrected chi connectivity index (χ1v) is 8.37. The van der Waals surface area contributed by atoms with Crippen LogP contribution < -0.4 is 4.90 Å². The molecule has 114 valence electrons. The number of benzene rings is 2. The highest BCUT2D eigenvalue weighted by Crippen LogP contribution is 2.35. The molecule has 1 aromatic heterocycles. The number of thioether (sulfide) groups is 1. The SMILES string of the molecule is O=C(c1cc(-c2ccccc2)on1)N1CCSc2ccccc21. The number of rotatable bonds is 2. The molecule has 23 heavy (non-hydrogen) atoms. The second-order valence-corrected chi connectivity index (χ2v) is 6.35. The summed E-state index contributed by atoms with van der Waals surface area (Å²) in [6.45, 7) is 0.675. The number of para-hydroxylation sites is 1. The van der Waals surface area contributed by atoms with Crippen LogP contribution in [0.3, 0.4) is 0 Å². The molecule has 5 heteroatoms. The molecule has 0 saturated heterocycles. The Balaban J connectivity index is 1.65. The van der Waals surface area contributed by atoms with Crippen molar-refractivity contribution in [3.63, 3.8) is 0 Å². The molecular weight excluding hydrogens is 308 g/mol. The van der Waals surface area contributed by atoms with E-state index in [1.54, 1.807) is 22.7 Å². The molecule has 2 heterocycles. The van der Waals surface area contributed by atoms with E-state index >= 15 is 0 Å². The summed E-state index contributed by atoms with van der Waals surface area (Å²) in [6.07, 6.45) is 0. The average molecular weight is 322 g/mol. The first-order chi connectivity index (χ1) is 11.3. The zero-order valence-corrected chi connectivity index (χ0v) is 13.1. The molecule has 1 amide bonds. The third kappa shape index (κ3) is 2.64. The summed E-state index contributed by atoms with van der Waals surface area (Å²) in [6, 6.07) is 19.3. The second kappa shape index (κ2) is 5.93. The second-order valence-electron chi connectivity index (χ2n) is 5.22. The highest BCUT2D eigenvalue weighted by Gasteiger charge is 2.26. The summed E-state index contributed by atoms with van der Waals surface area (Å²) < 4.78 is 5.35. The number of anilines is 1. The predicted molar refractivity (Wildman–Crippen MR) is 90.8 cm³/mol. The molecule has 0 N–H and O–H groups in total. The lowest BCUT2D eigenvalue weighted by Gasteiger charge is -2.28. The highest BCUT2D eigenvalue weighted by molar-refractivity contribution is 7.99. The van der Waals surface area contributed by atoms with Crippen molar-refractivity contribution in [3.8, 4) is 11.3 Å². The number of fused-ring (bicyclic) bond motifs is 1. The first-order valence-electron chi connectivity index (χ1n) is 7.39. The molecule has 0 atom stereocenters. The van der Waals surface area contributed by atoms with Crippen LogP contribution in [-0.2, 0) is 0 Å². The van der Waals surface area contributed by atoms with E-state index in [2.05, 4.69) is 5.16 Å². The summed E-state index contributed by atoms with van der Waals surface area (Å²) in [7, 11) is 0. The van der Waals surface area contributed by atoms with E-state index in [-0.39, 0.29) is 5.91 Å². The monoisotopic (exact) mass is 322 g/mol. The van der Waals surface area contributed by atoms with Crippen molar-refractivity contribution in [3.05, 3.63) is 66.4 Å². The van der Waals surface area contributed by atoms with Crippen molar-refractivity contribution >= 4 is 23.4 Å². The van der Waals surface area contributed by atoms with Crippen LogP contribution in [0.4, 0.5) is 5.69 Å². The van der Waals surface area contributed by atoms with E-state index in [0.29, 0.717) is 18.0 Å². The van der Waals surface area contributed by atoms with Gasteiger partial charge in [-0.2, -0.15) is 0 Å². The van der Waals surface area contributed by atoms with Gasteiger partial charge < -0.3 is 9.42 Å². The first kappa shape index (κ1) is 14.1. The van der Waals surface area contributed by atoms with Crippen molar-refractivity contribution in [2.24, 2.45) is 0 Å². The van der Waals surface area contributed by atoms with Crippen molar-refractivity contribution in [1.29, 1.82) is 0 Å². The number of carbonyl (C=O) groups is 1. The molecule has 0 bridgehead atoms. The summed E-state index contributed by atoms with van der Waals surface area (Å²) in [5.41, 5.74) is 2.19. The minimum Gasteiger partial charge on any atom is -0.355 e. The molecule has 2 aromatic carbocycles. The zero-order valence-electron chi connectivity index (χ0n) is 12.3. The molecule has 4 rings (SSSR count). The van der Waals surface area contributed by atoms with Gasteiger partial charge in [-0.15, -0.1) is 11.8 Å². The lowest BCUT2D eigenvalue weighted by molar-refractivity contribution is 0.0979. The maximum atomic E-state index is 12.8. The minimum atomic E-state index is -0.122. The third-order valence-corrected chi connectivity index (χ3v) is 4.80. The fourth-order valence-electron chi connectivity index (χ4n) is 2.63. The van der Waals surface area contributed by atoms with E-state index in [9.17, 15) is 4.79 Å². The van der Waals surface area contributed by atoms with Gasteiger partial charge in [0.15, 0.2) is 11.5 Å². The van der Waals surface area contributed by atoms with Crippen molar-refractivity contribution in [1.82, 2.24) is 5.16 Å². The van der Waals surface area contributed by atoms with E-state index in [1.165, 1.54) is 0 Å². The maximum Gasteiger partial charge on any atom is 0.280 e. The number of hydrogen-bond acceptors (Lipinski definition) is 4. The van der Waals surface area contributed by atoms with Crippen LogP contribution in [-0.4, -0.2) is 23.4 Å². The van der Waals surface area contributed by atoms with Gasteiger partial charge >= 0.3 is 0 Å². The summed E-state index contributed by atoms with van der Waals surface area (Å²) in [5.74, 6) is 1.36. The van der Waals surface area contributed by atoms with Gasteiger partial charge in [-0.05, 0) is 12.1 Å². The highest BCUT2D eigenvalue weighted by atomic mass is 32.2. The molecule has 0 radical (unpaired) electrons. The van der Waals surface area contributed by atoms with Gasteiger partial charge in [0.05, 0.1) is 5.69 Å². The number of nitrogens with zero attached hydrogens (tertiary/aromatic N) is 2. The molecule has 3 aromatic rings. The molecule has 0 spiro atoms. The molecule has 0 saturated carbocycles. The van der Waals surface area contributed by atoms with E-state index < -0.39 is 0 Å². The Morgan fingerprint density at radius 1 is 1.09 bits per heavy atom. The molecule has 0 unspecified atom stereocenters. The number of hydrogen-bond donors (Lipinski definition) is 0. The fraction of sp³-hybridized carbons (Fsp3) is 0.111. The van der Waals surface area contributed by atoms with Crippen LogP contribution in [0.1, 0.15) is 10.5 Å². The van der Waals surface area contributed by atoms with Crippen LogP contribution in [0.5, 0.6) is 0 Å². The minimum absolute atomic E-state index is 0.122. The Kier molecular flexibility index (Phi) is 3.63. The van der Waals surface area contributed by atoms with Crippen molar-refractivity contribution in [2.75, 3.05) is 17.2 Å². The Morgan fingerprint density at radius 2 is 1.87 bits per heavy atom. The zero-order chi connectivity index (χ0) is 15.6. The van der Waals surface area contributed by atoms with Gasteiger partial charge in [0.1, 0.15) is 0 Å². The standard InChI is InChI=1S/C18H14N2O2S/c21-18(20-10-11-23-17-9-5-4-8-15(17)20)14-12-16(22-19-14)13-6-2-1-3-7-13/h1-9,12H,10-11H2. The fourth-order valence-corrected chi connectivity index (χ4v) is 3.63. The average Bonchev–Trinajstić information content (AvgIpc) is 3.11. The summed E-state index contributed by atoms with van der Waals surface area (Å²) in [5, 5.41) is 3.97. The van der Waals surface area contributed by atoms with Gasteiger partial charge in [0, 0.05) is 28.8 Å². The van der Waals surface area contributed by atoms with Crippen LogP contribution in [0, 0.1) is 0 Å². The van der Waals surface area contributed by atoms with E-state index in [4.69, 9.17) is 4.52 Å². The van der Waals surface area contributed by atoms with E-state index in [0.717, 1.165) is 21.9 Å². The Hall–Kier alpha value is -2.53. The van der Waals surface area contributed by atoms with Crippen LogP contribution in [0.25, 0.3) is 11.3 Å². The van der Waals surface area contributed by atoms with Crippen molar-refractivity contribution < 1.29 is 9.32 Å². The van der Waals surface area contributed by atoms with E-state index in [1.807, 2.05) is 54.6 Å². The summed E-state index contributed by atoms with van der Waals surface area (Å²) >= 11 is 1.77. The molecule has 1 aliphatic heterocycles. The van der Waals surface area contributed by atoms with Gasteiger partial charge in [0.25, 0.3) is 5.91 Å². The van der Waals surface area contributed by atoms with Crippen LogP contribution >= 0.6 is 11.8 Å². The molecule has 4 nitrogen and oxygen atoms in total. The Bertz CT molecular complexity index is 845. The maximum absolute atomic E-state index is 12.8. The van der Waals surface area contributed by atoms with Crippen LogP contribution in [0.2, 0.25) is 0 Å². The van der Waals surface area contributed by atoms with Crippen LogP contribution in [0.15, 0.2) is 70.1 Å². The predicted octanol–water partition coefficient (Wildman–Crippen LogP) is 4.09. The number of carbonyl (C=O) groups excluding carboxylic acids is 1. The molecule has 1 aliphatic rings. The quantitative estimate of drug-likeness (QED) is 0.713. The lowest BCUT2D eigenvalue weighted by Crippen LogP contribution is -2.35. The van der Waals surface area contributed by atoms with Gasteiger partial charge in [-0.25, -0.2) is 0 Å². The van der Waals surface area contributed by atoms with Crippen molar-refractivity contribution in [2.45, 2.75) is 4.90 Å². The van der Waals surface area contributed by atoms with Gasteiger partial charge in [-0.1, -0.05) is 47.6 Å². The normalized spacial score (nSPS) is 13.7. The Labute approximate surface area is 138 Å². The van der Waals surface area contributed by atoms with Gasteiger partial charge in [0.2, 0.25) is 0 Å². The third-order valence-electron chi connectivity index (χ3n) is 3.76.